The summed E-state index contributed by atoms with van der Waals surface area (Å²) in [6.07, 6.45) is 18.1. The highest BCUT2D eigenvalue weighted by atomic mass is 16.7. The number of carbonyl (C=O) groups is 3. The zero-order valence-electron chi connectivity index (χ0n) is 39.1. The van der Waals surface area contributed by atoms with E-state index in [4.69, 9.17) is 24.1 Å². The molecule has 0 saturated carbocycles. The van der Waals surface area contributed by atoms with Gasteiger partial charge in [0.05, 0.1) is 30.1 Å². The minimum Gasteiger partial charge on any atom is -0.481 e. The Kier molecular flexibility index (Phi) is 26.3. The lowest BCUT2D eigenvalue weighted by Crippen LogP contribution is -2.46. The molecule has 1 N–H and O–H groups in total. The fourth-order valence-electron chi connectivity index (χ4n) is 7.44. The maximum absolute atomic E-state index is 13.2. The lowest BCUT2D eigenvalue weighted by atomic mass is 9.78. The molecular weight excluding hydrogens is 745 g/mol. The van der Waals surface area contributed by atoms with Crippen LogP contribution in [0.1, 0.15) is 147 Å². The Balaban J connectivity index is 0.000000591. The number of esters is 1. The molecule has 2 aromatic rings. The number of rotatable bonds is 10. The molecule has 0 aromatic carbocycles. The van der Waals surface area contributed by atoms with Crippen molar-refractivity contribution >= 4 is 17.7 Å². The Morgan fingerprint density at radius 3 is 2.12 bits per heavy atom. The molecule has 0 spiro atoms. The molecule has 11 heteroatoms. The van der Waals surface area contributed by atoms with Gasteiger partial charge in [0.1, 0.15) is 11.9 Å². The average Bonchev–Trinajstić information content (AvgIpc) is 3.69. The number of carboxylic acid groups (broad SMARTS) is 1. The van der Waals surface area contributed by atoms with E-state index >= 15 is 0 Å². The SMILES string of the molecule is C=C1[C@@H](C)C(=O)O[C@H](CC)CC[C@@H](C)C(=O)[C@H](C)C[C@H](C)[C@H](O[C@H]2C[C@@H](N(C)C)C[C@@H](C)O2)[C@H]1C.CC(=O)O.CCCC.CCCCCn1cnc(-c2ccncc2)c1. The highest BCUT2D eigenvalue weighted by Crippen LogP contribution is 2.35. The van der Waals surface area contributed by atoms with E-state index in [1.165, 1.54) is 32.1 Å². The zero-order valence-corrected chi connectivity index (χ0v) is 39.1. The number of hydrogen-bond donors (Lipinski definition) is 1. The Bertz CT molecular complexity index is 1470. The molecule has 336 valence electrons. The molecule has 10 atom stereocenters. The highest BCUT2D eigenvalue weighted by Gasteiger charge is 2.38. The quantitative estimate of drug-likeness (QED) is 0.140. The smallest absolute Gasteiger partial charge is 0.313 e. The Hall–Kier alpha value is -3.41. The normalized spacial score (nSPS) is 28.1. The minimum atomic E-state index is -0.833. The highest BCUT2D eigenvalue weighted by molar-refractivity contribution is 5.82. The molecule has 0 amide bonds. The van der Waals surface area contributed by atoms with Crippen molar-refractivity contribution in [1.82, 2.24) is 19.4 Å². The van der Waals surface area contributed by atoms with E-state index < -0.39 is 11.9 Å². The van der Waals surface area contributed by atoms with Crippen molar-refractivity contribution in [1.29, 1.82) is 0 Å². The van der Waals surface area contributed by atoms with E-state index in [9.17, 15) is 9.59 Å². The van der Waals surface area contributed by atoms with Gasteiger partial charge in [-0.2, -0.15) is 0 Å². The number of aryl methyl sites for hydroxylation is 1. The monoisotopic (exact) mass is 827 g/mol. The molecule has 0 radical (unpaired) electrons. The molecule has 11 nitrogen and oxygen atoms in total. The molecule has 2 fully saturated rings. The lowest BCUT2D eigenvalue weighted by Gasteiger charge is -2.41. The summed E-state index contributed by atoms with van der Waals surface area (Å²) >= 11 is 0. The second kappa shape index (κ2) is 28.9. The van der Waals surface area contributed by atoms with Gasteiger partial charge in [0.15, 0.2) is 6.29 Å². The maximum atomic E-state index is 13.2. The van der Waals surface area contributed by atoms with Crippen LogP contribution in [0, 0.1) is 29.6 Å². The topological polar surface area (TPSA) is 133 Å². The number of ether oxygens (including phenoxy) is 3. The summed E-state index contributed by atoms with van der Waals surface area (Å²) in [5, 5.41) is 7.42. The Morgan fingerprint density at radius 2 is 1.56 bits per heavy atom. The third kappa shape index (κ3) is 20.1. The van der Waals surface area contributed by atoms with Crippen LogP contribution in [0.15, 0.2) is 49.2 Å². The van der Waals surface area contributed by atoms with Crippen molar-refractivity contribution in [3.63, 3.8) is 0 Å². The van der Waals surface area contributed by atoms with Crippen LogP contribution in [0.4, 0.5) is 0 Å². The second-order valence-corrected chi connectivity index (χ2v) is 17.1. The van der Waals surface area contributed by atoms with Crippen molar-refractivity contribution in [3.05, 3.63) is 49.2 Å². The van der Waals surface area contributed by atoms with E-state index in [0.29, 0.717) is 12.5 Å². The molecule has 0 bridgehead atoms. The number of Topliss-reactive ketones (excluding diaryl/α,β-unsaturated/α-hetero) is 1. The van der Waals surface area contributed by atoms with Gasteiger partial charge in [-0.25, -0.2) is 4.98 Å². The zero-order chi connectivity index (χ0) is 44.7. The van der Waals surface area contributed by atoms with Crippen LogP contribution in [0.2, 0.25) is 0 Å². The summed E-state index contributed by atoms with van der Waals surface area (Å²) in [6.45, 7) is 27.3. The van der Waals surface area contributed by atoms with Gasteiger partial charge in [-0.1, -0.05) is 93.2 Å². The van der Waals surface area contributed by atoms with Crippen LogP contribution >= 0.6 is 0 Å². The van der Waals surface area contributed by atoms with Crippen LogP contribution in [-0.4, -0.2) is 87.0 Å². The summed E-state index contributed by atoms with van der Waals surface area (Å²) in [5.41, 5.74) is 2.97. The summed E-state index contributed by atoms with van der Waals surface area (Å²) in [4.78, 5) is 45.8. The summed E-state index contributed by atoms with van der Waals surface area (Å²) < 4.78 is 20.9. The van der Waals surface area contributed by atoms with Gasteiger partial charge in [0.2, 0.25) is 0 Å². The van der Waals surface area contributed by atoms with Gasteiger partial charge in [0, 0.05) is 67.8 Å². The molecule has 2 aromatic heterocycles. The van der Waals surface area contributed by atoms with Gasteiger partial charge in [-0.3, -0.25) is 19.4 Å². The van der Waals surface area contributed by atoms with E-state index in [2.05, 4.69) is 87.8 Å². The fourth-order valence-corrected chi connectivity index (χ4v) is 7.44. The number of pyridine rings is 1. The number of nitrogens with zero attached hydrogens (tertiary/aromatic N) is 4. The van der Waals surface area contributed by atoms with Gasteiger partial charge >= 0.3 is 5.97 Å². The number of aliphatic carboxylic acids is 1. The van der Waals surface area contributed by atoms with Gasteiger partial charge in [0.25, 0.3) is 5.97 Å². The van der Waals surface area contributed by atoms with Crippen LogP contribution in [0.5, 0.6) is 0 Å². The van der Waals surface area contributed by atoms with Crippen molar-refractivity contribution in [3.8, 4) is 11.3 Å². The number of ketones is 1. The minimum absolute atomic E-state index is 0.0551. The number of aromatic nitrogens is 3. The van der Waals surface area contributed by atoms with Crippen molar-refractivity contribution in [2.75, 3.05) is 14.1 Å². The number of unbranched alkanes of at least 4 members (excludes halogenated alkanes) is 3. The van der Waals surface area contributed by atoms with Crippen molar-refractivity contribution in [2.45, 2.75) is 184 Å². The first-order valence-corrected chi connectivity index (χ1v) is 22.4. The van der Waals surface area contributed by atoms with Gasteiger partial charge in [-0.05, 0) is 84.5 Å². The molecule has 2 aliphatic heterocycles. The molecule has 2 aliphatic rings. The Morgan fingerprint density at radius 1 is 0.932 bits per heavy atom. The second-order valence-electron chi connectivity index (χ2n) is 17.1. The van der Waals surface area contributed by atoms with Gasteiger partial charge < -0.3 is 28.8 Å². The number of carbonyl (C=O) groups excluding carboxylic acids is 2. The van der Waals surface area contributed by atoms with Gasteiger partial charge in [-0.15, -0.1) is 0 Å². The molecule has 4 rings (SSSR count). The summed E-state index contributed by atoms with van der Waals surface area (Å²) in [7, 11) is 4.19. The number of carboxylic acids is 1. The predicted octanol–water partition coefficient (Wildman–Crippen LogP) is 10.7. The molecular formula is C48H82N4O7. The van der Waals surface area contributed by atoms with E-state index in [1.807, 2.05) is 46.2 Å². The number of imidazole rings is 1. The largest absolute Gasteiger partial charge is 0.481 e. The summed E-state index contributed by atoms with van der Waals surface area (Å²) in [5.74, 6) is -1.31. The van der Waals surface area contributed by atoms with E-state index in [-0.39, 0.29) is 60.0 Å². The van der Waals surface area contributed by atoms with Crippen molar-refractivity contribution in [2.24, 2.45) is 29.6 Å². The maximum Gasteiger partial charge on any atom is 0.313 e. The first-order valence-electron chi connectivity index (χ1n) is 22.4. The van der Waals surface area contributed by atoms with Crippen LogP contribution in [0.25, 0.3) is 11.3 Å². The third-order valence-electron chi connectivity index (χ3n) is 11.5. The molecule has 59 heavy (non-hydrogen) atoms. The Labute approximate surface area is 358 Å². The number of cyclic esters (lactones) is 1. The summed E-state index contributed by atoms with van der Waals surface area (Å²) in [6, 6.07) is 4.36. The molecule has 2 saturated heterocycles. The van der Waals surface area contributed by atoms with Crippen LogP contribution in [0.3, 0.4) is 0 Å². The molecule has 0 aliphatic carbocycles. The number of hydrogen-bond acceptors (Lipinski definition) is 9. The van der Waals surface area contributed by atoms with Crippen LogP contribution < -0.4 is 0 Å². The lowest BCUT2D eigenvalue weighted by molar-refractivity contribution is -0.235. The van der Waals surface area contributed by atoms with E-state index in [0.717, 1.165) is 62.4 Å². The first kappa shape index (κ1) is 53.6. The first-order chi connectivity index (χ1) is 27.9. The van der Waals surface area contributed by atoms with Crippen molar-refractivity contribution < 1.29 is 33.7 Å². The predicted molar refractivity (Wildman–Crippen MR) is 239 cm³/mol. The fraction of sp³-hybridized carbons (Fsp3) is 0.729. The third-order valence-corrected chi connectivity index (χ3v) is 11.5. The van der Waals surface area contributed by atoms with Crippen LogP contribution in [-0.2, 0) is 35.1 Å². The average molecular weight is 827 g/mol. The standard InChI is InChI=1S/C29H51NO5.C13H17N3.C4H10.C2H4O2/c1-11-25-13-12-17(2)27(31)18(3)14-19(4)28(22(7)21(6)23(8)29(32)34-25)35-26-16-24(30(9)10)15-20(5)33-26;1-2-3-4-9-16-10-13(15-11-16)12-5-7-14-8-6-12;1-3-4-2;1-2(3)4/h17-20,22-26,28H,6,11-16H2,1-5,7-10H3;5-8,10-11H,2-4,9H2,1H3;3-4H2,1-2H3;1H3,(H,3,4)/t17-,18-,19+,20-,22+,23-,24+,25-,26+,28+;;;/m1.../s1. The molecule has 4 heterocycles. The molecule has 0 unspecified atom stereocenters. The van der Waals surface area contributed by atoms with E-state index in [1.54, 1.807) is 12.4 Å².